The predicted octanol–water partition coefficient (Wildman–Crippen LogP) is 11.3. The molecule has 6 nitrogen and oxygen atoms in total. The molecule has 0 amide bonds. The molecule has 9 atom stereocenters. The molecular formula is C45H67FN2O4. The van der Waals surface area contributed by atoms with Gasteiger partial charge in [-0.1, -0.05) is 65.0 Å². The quantitative estimate of drug-likeness (QED) is 0.0941. The van der Waals surface area contributed by atoms with Crippen molar-refractivity contribution < 1.29 is 23.8 Å². The number of carboxylic acids is 1. The highest BCUT2D eigenvalue weighted by Crippen LogP contribution is 2.69. The van der Waals surface area contributed by atoms with E-state index in [1.165, 1.54) is 44.6 Å². The van der Waals surface area contributed by atoms with E-state index in [9.17, 15) is 19.1 Å². The highest BCUT2D eigenvalue weighted by Gasteiger charge is 2.60. The Bertz CT molecular complexity index is 1550. The first-order chi connectivity index (χ1) is 24.5. The number of alkyl halides is 1. The van der Waals surface area contributed by atoms with E-state index in [-0.39, 0.29) is 35.2 Å². The van der Waals surface area contributed by atoms with Crippen LogP contribution in [0, 0.1) is 57.7 Å². The lowest BCUT2D eigenvalue weighted by Gasteiger charge is -2.63. The van der Waals surface area contributed by atoms with Crippen LogP contribution in [0.3, 0.4) is 0 Å². The number of halogens is 1. The van der Waals surface area contributed by atoms with Crippen molar-refractivity contribution in [1.29, 1.82) is 0 Å². The number of aliphatic carboxylic acids is 1. The van der Waals surface area contributed by atoms with Gasteiger partial charge in [0.05, 0.1) is 17.5 Å². The predicted molar refractivity (Wildman–Crippen MR) is 210 cm³/mol. The molecule has 4 fully saturated rings. The van der Waals surface area contributed by atoms with Crippen molar-refractivity contribution in [3.63, 3.8) is 0 Å². The third-order valence-electron chi connectivity index (χ3n) is 14.4. The van der Waals surface area contributed by atoms with Crippen molar-refractivity contribution in [3.05, 3.63) is 47.1 Å². The lowest BCUT2D eigenvalue weighted by molar-refractivity contribution is -0.175. The van der Waals surface area contributed by atoms with E-state index < -0.39 is 18.1 Å². The Kier molecular flexibility index (Phi) is 12.3. The van der Waals surface area contributed by atoms with E-state index in [0.717, 1.165) is 37.8 Å². The van der Waals surface area contributed by atoms with E-state index in [1.54, 1.807) is 36.6 Å². The fraction of sp³-hybridized carbons (Fsp3) is 0.733. The first-order valence-corrected chi connectivity index (χ1v) is 20.4. The molecule has 5 rings (SSSR count). The molecule has 52 heavy (non-hydrogen) atoms. The maximum Gasteiger partial charge on any atom is 0.309 e. The van der Waals surface area contributed by atoms with Gasteiger partial charge >= 0.3 is 11.9 Å². The molecule has 1 N–H and O–H groups in total. The molecule has 7 heteroatoms. The minimum atomic E-state index is -1.13. The highest BCUT2D eigenvalue weighted by molar-refractivity contribution is 6.00. The number of carbonyl (C=O) groups excluding carboxylic acids is 1. The third kappa shape index (κ3) is 7.71. The number of hydrogen-bond donors (Lipinski definition) is 1. The monoisotopic (exact) mass is 719 g/mol. The number of esters is 1. The lowest BCUT2D eigenvalue weighted by Crippen LogP contribution is -2.56. The van der Waals surface area contributed by atoms with Crippen molar-refractivity contribution >= 4 is 23.4 Å². The van der Waals surface area contributed by atoms with Crippen LogP contribution in [0.25, 0.3) is 0 Å². The zero-order valence-corrected chi connectivity index (χ0v) is 33.7. The van der Waals surface area contributed by atoms with Gasteiger partial charge in [0.1, 0.15) is 12.8 Å². The molecule has 0 aromatic heterocycles. The molecule has 5 aliphatic rings. The molecule has 0 aliphatic heterocycles. The van der Waals surface area contributed by atoms with Crippen molar-refractivity contribution in [2.24, 2.45) is 67.9 Å². The summed E-state index contributed by atoms with van der Waals surface area (Å²) < 4.78 is 18.8. The van der Waals surface area contributed by atoms with Gasteiger partial charge in [-0.2, -0.15) is 10.2 Å². The van der Waals surface area contributed by atoms with Crippen LogP contribution in [-0.4, -0.2) is 41.2 Å². The summed E-state index contributed by atoms with van der Waals surface area (Å²) in [7, 11) is 0. The van der Waals surface area contributed by atoms with Gasteiger partial charge in [-0.25, -0.2) is 4.39 Å². The Labute approximate surface area is 313 Å². The van der Waals surface area contributed by atoms with Crippen LogP contribution in [0.5, 0.6) is 0 Å². The van der Waals surface area contributed by atoms with Crippen LogP contribution >= 0.6 is 0 Å². The first kappa shape index (κ1) is 40.4. The normalized spacial score (nSPS) is 36.1. The molecule has 9 unspecified atom stereocenters. The van der Waals surface area contributed by atoms with Gasteiger partial charge in [-0.05, 0) is 162 Å². The molecule has 288 valence electrons. The van der Waals surface area contributed by atoms with E-state index >= 15 is 0 Å². The van der Waals surface area contributed by atoms with Crippen molar-refractivity contribution in [3.8, 4) is 0 Å². The Hall–Kier alpha value is -2.83. The Morgan fingerprint density at radius 1 is 1.06 bits per heavy atom. The van der Waals surface area contributed by atoms with Crippen LogP contribution in [0.1, 0.15) is 139 Å². The lowest BCUT2D eigenvalue weighted by atomic mass is 9.42. The van der Waals surface area contributed by atoms with Crippen LogP contribution in [0.15, 0.2) is 57.3 Å². The van der Waals surface area contributed by atoms with E-state index in [1.807, 2.05) is 6.92 Å². The summed E-state index contributed by atoms with van der Waals surface area (Å²) in [6.45, 7) is 22.6. The van der Waals surface area contributed by atoms with E-state index in [4.69, 9.17) is 9.84 Å². The summed E-state index contributed by atoms with van der Waals surface area (Å²) in [5.41, 5.74) is 6.60. The molecule has 4 saturated carbocycles. The average Bonchev–Trinajstić information content (AvgIpc) is 3.41. The largest absolute Gasteiger partial charge is 0.481 e. The molecular weight excluding hydrogens is 652 g/mol. The van der Waals surface area contributed by atoms with Crippen LogP contribution in [0.2, 0.25) is 0 Å². The van der Waals surface area contributed by atoms with Gasteiger partial charge in [-0.15, -0.1) is 0 Å². The number of rotatable bonds is 12. The summed E-state index contributed by atoms with van der Waals surface area (Å²) in [5.74, 6) is 2.60. The highest BCUT2D eigenvalue weighted by atomic mass is 19.1. The summed E-state index contributed by atoms with van der Waals surface area (Å²) >= 11 is 0. The summed E-state index contributed by atoms with van der Waals surface area (Å²) in [5, 5.41) is 18.8. The van der Waals surface area contributed by atoms with Crippen molar-refractivity contribution in [2.75, 3.05) is 6.67 Å². The maximum absolute atomic E-state index is 12.9. The SMILES string of the molecule is C=C(/C=C\CF)/C(C)=N/N=C(\C)CC12CCC3C(CCC4C3CCC3C(C)C(OC(=O)CC(C)(C)C(=O)O)CCC34C)C1=C(C(C)C)/C(=C\CC)C2. The minimum absolute atomic E-state index is 0.0868. The van der Waals surface area contributed by atoms with Gasteiger partial charge in [0.25, 0.3) is 0 Å². The summed E-state index contributed by atoms with van der Waals surface area (Å²) in [6.07, 6.45) is 17.8. The fourth-order valence-corrected chi connectivity index (χ4v) is 12.1. The number of hydrogen-bond acceptors (Lipinski definition) is 5. The van der Waals surface area contributed by atoms with E-state index in [2.05, 4.69) is 59.3 Å². The molecule has 0 aromatic carbocycles. The van der Waals surface area contributed by atoms with Gasteiger partial charge in [0.2, 0.25) is 0 Å². The molecule has 0 heterocycles. The molecule has 0 spiro atoms. The molecule has 0 bridgehead atoms. The van der Waals surface area contributed by atoms with Crippen LogP contribution in [0.4, 0.5) is 4.39 Å². The fourth-order valence-electron chi connectivity index (χ4n) is 12.1. The van der Waals surface area contributed by atoms with Crippen molar-refractivity contribution in [2.45, 2.75) is 145 Å². The smallest absolute Gasteiger partial charge is 0.309 e. The Morgan fingerprint density at radius 3 is 2.42 bits per heavy atom. The molecule has 0 radical (unpaired) electrons. The summed E-state index contributed by atoms with van der Waals surface area (Å²) in [6, 6.07) is 0. The number of carbonyl (C=O) groups is 2. The zero-order chi connectivity index (χ0) is 38.2. The minimum Gasteiger partial charge on any atom is -0.481 e. The average molecular weight is 719 g/mol. The van der Waals surface area contributed by atoms with Gasteiger partial charge < -0.3 is 9.84 Å². The Balaban J connectivity index is 1.38. The molecule has 5 aliphatic carbocycles. The van der Waals surface area contributed by atoms with E-state index in [0.29, 0.717) is 46.8 Å². The van der Waals surface area contributed by atoms with Gasteiger partial charge in [-0.3, -0.25) is 9.59 Å². The zero-order valence-electron chi connectivity index (χ0n) is 33.7. The number of fused-ring (bicyclic) bond motifs is 7. The second-order valence-corrected chi connectivity index (χ2v) is 18.5. The molecule has 0 saturated heterocycles. The first-order valence-electron chi connectivity index (χ1n) is 20.4. The van der Waals surface area contributed by atoms with Crippen LogP contribution in [-0.2, 0) is 14.3 Å². The molecule has 0 aromatic rings. The standard InChI is InChI=1S/C45H67FN2O4/c1-11-13-32-25-45(24-29(5)47-48-31(7)28(4)14-12-23-46)22-19-33-34-15-17-36-30(6)38(52-39(49)26-43(8,9)42(50)51)20-21-44(36,10)37(34)18-16-35(33)41(45)40(32)27(2)3/h12-14,27,30,33-38H,4,11,15-26H2,1-3,5-10H3,(H,50,51)/b14-12-,32-13-,47-29+,48-31+. The second-order valence-electron chi connectivity index (χ2n) is 18.5. The topological polar surface area (TPSA) is 88.3 Å². The number of allylic oxidation sites excluding steroid dienone is 7. The second kappa shape index (κ2) is 15.9. The van der Waals surface area contributed by atoms with Gasteiger partial charge in [0, 0.05) is 11.1 Å². The number of ether oxygens (including phenoxy) is 1. The Morgan fingerprint density at radius 2 is 1.77 bits per heavy atom. The summed E-state index contributed by atoms with van der Waals surface area (Å²) in [4.78, 5) is 24.6. The third-order valence-corrected chi connectivity index (χ3v) is 14.4. The van der Waals surface area contributed by atoms with Crippen LogP contribution < -0.4 is 0 Å². The maximum atomic E-state index is 12.9. The number of nitrogens with zero attached hydrogens (tertiary/aromatic N) is 2. The van der Waals surface area contributed by atoms with Gasteiger partial charge in [0.15, 0.2) is 0 Å². The number of carboxylic acid groups (broad SMARTS) is 1. The van der Waals surface area contributed by atoms with Crippen molar-refractivity contribution in [1.82, 2.24) is 0 Å².